The molecule has 5 nitrogen and oxygen atoms in total. The standard InChI is InChI=1S/C9H11F3N4O/c10-9(11,12)2-1-8(17)15-5-7(6-15)16-4-3-13-14-16/h3-4,7H,1-2,5-6H2. The van der Waals surface area contributed by atoms with Gasteiger partial charge < -0.3 is 4.90 Å². The van der Waals surface area contributed by atoms with E-state index in [-0.39, 0.29) is 6.04 Å². The summed E-state index contributed by atoms with van der Waals surface area (Å²) in [6.45, 7) is 0.806. The number of carbonyl (C=O) groups is 1. The molecule has 1 aliphatic heterocycles. The van der Waals surface area contributed by atoms with Crippen molar-refractivity contribution in [2.75, 3.05) is 13.1 Å². The molecule has 94 valence electrons. The van der Waals surface area contributed by atoms with Crippen molar-refractivity contribution < 1.29 is 18.0 Å². The first kappa shape index (κ1) is 11.9. The highest BCUT2D eigenvalue weighted by molar-refractivity contribution is 5.77. The highest BCUT2D eigenvalue weighted by Gasteiger charge is 2.34. The minimum Gasteiger partial charge on any atom is -0.338 e. The van der Waals surface area contributed by atoms with Gasteiger partial charge in [-0.15, -0.1) is 5.10 Å². The Morgan fingerprint density at radius 2 is 2.12 bits per heavy atom. The molecule has 1 aromatic heterocycles. The van der Waals surface area contributed by atoms with E-state index < -0.39 is 24.9 Å². The largest absolute Gasteiger partial charge is 0.389 e. The molecule has 2 heterocycles. The molecule has 1 fully saturated rings. The van der Waals surface area contributed by atoms with Gasteiger partial charge in [-0.1, -0.05) is 5.21 Å². The maximum Gasteiger partial charge on any atom is 0.389 e. The molecule has 8 heteroatoms. The van der Waals surface area contributed by atoms with Crippen LogP contribution in [-0.2, 0) is 4.79 Å². The van der Waals surface area contributed by atoms with Crippen molar-refractivity contribution in [3.63, 3.8) is 0 Å². The third-order valence-corrected chi connectivity index (χ3v) is 2.65. The molecule has 1 aromatic rings. The SMILES string of the molecule is O=C(CCC(F)(F)F)N1CC(n2ccnn2)C1. The van der Waals surface area contributed by atoms with E-state index in [2.05, 4.69) is 10.3 Å². The van der Waals surface area contributed by atoms with Crippen molar-refractivity contribution >= 4 is 5.91 Å². The van der Waals surface area contributed by atoms with Crippen LogP contribution in [0, 0.1) is 0 Å². The summed E-state index contributed by atoms with van der Waals surface area (Å²) in [5.74, 6) is -0.460. The van der Waals surface area contributed by atoms with E-state index in [1.165, 1.54) is 11.1 Å². The van der Waals surface area contributed by atoms with Crippen molar-refractivity contribution in [2.24, 2.45) is 0 Å². The maximum atomic E-state index is 11.9. The summed E-state index contributed by atoms with van der Waals surface area (Å²) >= 11 is 0. The molecule has 0 N–H and O–H groups in total. The van der Waals surface area contributed by atoms with Gasteiger partial charge in [0.25, 0.3) is 0 Å². The van der Waals surface area contributed by atoms with E-state index in [1.807, 2.05) is 0 Å². The van der Waals surface area contributed by atoms with Gasteiger partial charge in [0, 0.05) is 25.7 Å². The smallest absolute Gasteiger partial charge is 0.338 e. The number of alkyl halides is 3. The normalized spacial score (nSPS) is 17.0. The minimum atomic E-state index is -4.27. The molecule has 1 aliphatic rings. The number of amides is 1. The van der Waals surface area contributed by atoms with Crippen molar-refractivity contribution in [2.45, 2.75) is 25.1 Å². The molecule has 0 atom stereocenters. The van der Waals surface area contributed by atoms with Gasteiger partial charge in [-0.3, -0.25) is 4.79 Å². The average Bonchev–Trinajstić information content (AvgIpc) is 2.64. The second-order valence-corrected chi connectivity index (χ2v) is 3.95. The van der Waals surface area contributed by atoms with Crippen molar-refractivity contribution in [3.8, 4) is 0 Å². The van der Waals surface area contributed by atoms with Gasteiger partial charge in [0.2, 0.25) is 5.91 Å². The topological polar surface area (TPSA) is 51.0 Å². The van der Waals surface area contributed by atoms with Crippen LogP contribution in [0.4, 0.5) is 13.2 Å². The molecule has 1 amide bonds. The minimum absolute atomic E-state index is 0.0346. The Balaban J connectivity index is 1.74. The van der Waals surface area contributed by atoms with Crippen LogP contribution in [0.5, 0.6) is 0 Å². The van der Waals surface area contributed by atoms with E-state index in [1.54, 1.807) is 10.9 Å². The first-order valence-electron chi connectivity index (χ1n) is 5.16. The molecule has 0 unspecified atom stereocenters. The lowest BCUT2D eigenvalue weighted by atomic mass is 10.1. The zero-order valence-corrected chi connectivity index (χ0v) is 8.89. The number of nitrogens with zero attached hydrogens (tertiary/aromatic N) is 4. The third kappa shape index (κ3) is 2.95. The van der Waals surface area contributed by atoms with E-state index in [0.29, 0.717) is 13.1 Å². The van der Waals surface area contributed by atoms with E-state index in [0.717, 1.165) is 0 Å². The molecule has 1 saturated heterocycles. The highest BCUT2D eigenvalue weighted by atomic mass is 19.4. The predicted molar refractivity (Wildman–Crippen MR) is 50.9 cm³/mol. The first-order chi connectivity index (χ1) is 7.96. The Morgan fingerprint density at radius 1 is 1.41 bits per heavy atom. The van der Waals surface area contributed by atoms with Gasteiger partial charge in [-0.2, -0.15) is 13.2 Å². The Kier molecular flexibility index (Phi) is 3.03. The zero-order valence-electron chi connectivity index (χ0n) is 8.89. The molecular formula is C9H11F3N4O. The number of carbonyl (C=O) groups excluding carboxylic acids is 1. The quantitative estimate of drug-likeness (QED) is 0.802. The van der Waals surface area contributed by atoms with Crippen molar-refractivity contribution in [1.82, 2.24) is 19.9 Å². The summed E-state index contributed by atoms with van der Waals surface area (Å²) in [4.78, 5) is 12.8. The fourth-order valence-electron chi connectivity index (χ4n) is 1.65. The van der Waals surface area contributed by atoms with E-state index in [4.69, 9.17) is 0 Å². The molecule has 0 spiro atoms. The van der Waals surface area contributed by atoms with Crippen LogP contribution < -0.4 is 0 Å². The van der Waals surface area contributed by atoms with Gasteiger partial charge in [0.15, 0.2) is 0 Å². The summed E-state index contributed by atoms with van der Waals surface area (Å²) in [6.07, 6.45) is -2.62. The van der Waals surface area contributed by atoms with Gasteiger partial charge in [-0.25, -0.2) is 4.68 Å². The van der Waals surface area contributed by atoms with Gasteiger partial charge in [0.1, 0.15) is 0 Å². The summed E-state index contributed by atoms with van der Waals surface area (Å²) in [5.41, 5.74) is 0. The van der Waals surface area contributed by atoms with Crippen LogP contribution in [0.1, 0.15) is 18.9 Å². The fourth-order valence-corrected chi connectivity index (χ4v) is 1.65. The molecule has 2 rings (SSSR count). The highest BCUT2D eigenvalue weighted by Crippen LogP contribution is 2.25. The van der Waals surface area contributed by atoms with Crippen LogP contribution >= 0.6 is 0 Å². The van der Waals surface area contributed by atoms with Crippen LogP contribution in [0.2, 0.25) is 0 Å². The Bertz CT molecular complexity index is 383. The van der Waals surface area contributed by atoms with Crippen molar-refractivity contribution in [1.29, 1.82) is 0 Å². The second-order valence-electron chi connectivity index (χ2n) is 3.95. The lowest BCUT2D eigenvalue weighted by molar-refractivity contribution is -0.152. The number of hydrogen-bond donors (Lipinski definition) is 0. The van der Waals surface area contributed by atoms with E-state index >= 15 is 0 Å². The summed E-state index contributed by atoms with van der Waals surface area (Å²) in [6, 6.07) is 0.0346. The van der Waals surface area contributed by atoms with Gasteiger partial charge in [-0.05, 0) is 0 Å². The van der Waals surface area contributed by atoms with Gasteiger partial charge >= 0.3 is 6.18 Å². The monoisotopic (exact) mass is 248 g/mol. The van der Waals surface area contributed by atoms with Crippen LogP contribution in [0.15, 0.2) is 12.4 Å². The molecule has 17 heavy (non-hydrogen) atoms. The third-order valence-electron chi connectivity index (χ3n) is 2.65. The predicted octanol–water partition coefficient (Wildman–Crippen LogP) is 1.00. The summed E-state index contributed by atoms with van der Waals surface area (Å²) in [5, 5.41) is 7.39. The molecule has 0 radical (unpaired) electrons. The van der Waals surface area contributed by atoms with Crippen molar-refractivity contribution in [3.05, 3.63) is 12.4 Å². The molecule has 0 bridgehead atoms. The molecule has 0 saturated carbocycles. The number of rotatable bonds is 3. The fraction of sp³-hybridized carbons (Fsp3) is 0.667. The number of aromatic nitrogens is 3. The number of likely N-dealkylation sites (tertiary alicyclic amines) is 1. The molecule has 0 aliphatic carbocycles. The first-order valence-corrected chi connectivity index (χ1v) is 5.16. The Morgan fingerprint density at radius 3 is 2.65 bits per heavy atom. The molecule has 0 aromatic carbocycles. The zero-order chi connectivity index (χ0) is 12.5. The Hall–Kier alpha value is -1.60. The van der Waals surface area contributed by atoms with Crippen LogP contribution in [0.25, 0.3) is 0 Å². The summed E-state index contributed by atoms with van der Waals surface area (Å²) in [7, 11) is 0. The van der Waals surface area contributed by atoms with Crippen LogP contribution in [-0.4, -0.2) is 45.1 Å². The lowest BCUT2D eigenvalue weighted by Crippen LogP contribution is -2.51. The lowest BCUT2D eigenvalue weighted by Gasteiger charge is -2.39. The summed E-state index contributed by atoms with van der Waals surface area (Å²) < 4.78 is 37.3. The van der Waals surface area contributed by atoms with E-state index in [9.17, 15) is 18.0 Å². The van der Waals surface area contributed by atoms with Crippen LogP contribution in [0.3, 0.4) is 0 Å². The second kappa shape index (κ2) is 4.34. The average molecular weight is 248 g/mol. The maximum absolute atomic E-state index is 11.9. The Labute approximate surface area is 95.2 Å². The van der Waals surface area contributed by atoms with Gasteiger partial charge in [0.05, 0.1) is 18.7 Å². The number of hydrogen-bond acceptors (Lipinski definition) is 3. The molecular weight excluding hydrogens is 237 g/mol. The number of halogens is 3.